The van der Waals surface area contributed by atoms with Crippen LogP contribution in [0.4, 0.5) is 0 Å². The van der Waals surface area contributed by atoms with Gasteiger partial charge in [0.2, 0.25) is 0 Å². The van der Waals surface area contributed by atoms with Crippen LogP contribution < -0.4 is 5.19 Å². The van der Waals surface area contributed by atoms with Crippen LogP contribution in [0.1, 0.15) is 64.5 Å². The molecule has 4 aromatic heterocycles. The van der Waals surface area contributed by atoms with Crippen LogP contribution in [0.5, 0.6) is 0 Å². The SMILES string of the molecule is CC(C)c1cc(-c2ccccc2)cc(C(C)C)c1-n1c(-c2[c-]ccc3c2oc2ccccc23)nc2cc3ccccc3nc21.[2H]C([2H])(c1ccccc1)c1cc(-c2[c-]cccc2)ncc1[Si](C)(C)C.[Ir]. The third kappa shape index (κ3) is 9.14. The number of para-hydroxylation sites is 2. The Balaban J connectivity index is 0.000000200. The van der Waals surface area contributed by atoms with Gasteiger partial charge in [0.05, 0.1) is 30.5 Å². The number of aromatic nitrogens is 4. The summed E-state index contributed by atoms with van der Waals surface area (Å²) in [5.74, 6) is 1.29. The number of furan rings is 1. The van der Waals surface area contributed by atoms with Crippen molar-refractivity contribution >= 4 is 57.3 Å². The van der Waals surface area contributed by atoms with Crippen molar-refractivity contribution in [2.24, 2.45) is 0 Å². The van der Waals surface area contributed by atoms with E-state index >= 15 is 0 Å². The van der Waals surface area contributed by atoms with Crippen LogP contribution in [-0.2, 0) is 26.5 Å². The Hall–Kier alpha value is -6.76. The first-order valence-electron chi connectivity index (χ1n) is 24.2. The minimum Gasteiger partial charge on any atom is -0.501 e. The van der Waals surface area contributed by atoms with Gasteiger partial charge in [-0.3, -0.25) is 4.98 Å². The number of nitrogens with zero attached hydrogens (tertiary/aromatic N) is 4. The van der Waals surface area contributed by atoms with Gasteiger partial charge < -0.3 is 14.0 Å². The van der Waals surface area contributed by atoms with Crippen molar-refractivity contribution in [1.29, 1.82) is 0 Å². The second-order valence-corrected chi connectivity index (χ2v) is 23.8. The molecular formula is C61H54IrN4OSi-2. The van der Waals surface area contributed by atoms with Crippen molar-refractivity contribution < 1.29 is 27.3 Å². The summed E-state index contributed by atoms with van der Waals surface area (Å²) in [6, 6.07) is 63.7. The van der Waals surface area contributed by atoms with Crippen molar-refractivity contribution in [3.8, 4) is 39.5 Å². The molecule has 0 aliphatic carbocycles. The number of rotatable bonds is 9. The second-order valence-electron chi connectivity index (χ2n) is 18.8. The monoisotopic (exact) mass is 1080 g/mol. The van der Waals surface area contributed by atoms with Crippen LogP contribution in [0.3, 0.4) is 0 Å². The minimum absolute atomic E-state index is 0. The fraction of sp³-hybridized carbons (Fsp3) is 0.164. The molecule has 0 N–H and O–H groups in total. The maximum Gasteiger partial charge on any atom is 0.156 e. The van der Waals surface area contributed by atoms with E-state index in [1.807, 2.05) is 97.2 Å². The van der Waals surface area contributed by atoms with E-state index in [9.17, 15) is 0 Å². The van der Waals surface area contributed by atoms with E-state index in [1.54, 1.807) is 0 Å². The Morgan fingerprint density at radius 2 is 1.32 bits per heavy atom. The molecule has 0 spiro atoms. The van der Waals surface area contributed by atoms with E-state index in [1.165, 1.54) is 22.3 Å². The van der Waals surface area contributed by atoms with E-state index in [0.717, 1.165) is 83.1 Å². The van der Waals surface area contributed by atoms with E-state index in [4.69, 9.17) is 17.1 Å². The number of hydrogen-bond donors (Lipinski definition) is 0. The fourth-order valence-corrected chi connectivity index (χ4v) is 10.4. The van der Waals surface area contributed by atoms with Crippen LogP contribution in [0.15, 0.2) is 180 Å². The molecule has 0 bridgehead atoms. The summed E-state index contributed by atoms with van der Waals surface area (Å²) in [6.45, 7) is 15.8. The predicted molar refractivity (Wildman–Crippen MR) is 282 cm³/mol. The molecule has 68 heavy (non-hydrogen) atoms. The normalized spacial score (nSPS) is 12.3. The molecule has 0 saturated carbocycles. The van der Waals surface area contributed by atoms with E-state index in [0.29, 0.717) is 5.56 Å². The summed E-state index contributed by atoms with van der Waals surface area (Å²) >= 11 is 0. The minimum atomic E-state index is -1.76. The van der Waals surface area contributed by atoms with Gasteiger partial charge in [0.15, 0.2) is 5.65 Å². The molecule has 0 fully saturated rings. The van der Waals surface area contributed by atoms with Crippen LogP contribution in [0.2, 0.25) is 19.6 Å². The molecule has 5 nitrogen and oxygen atoms in total. The average Bonchev–Trinajstić information content (AvgIpc) is 3.94. The third-order valence-corrected chi connectivity index (χ3v) is 14.4. The van der Waals surface area contributed by atoms with Gasteiger partial charge >= 0.3 is 0 Å². The van der Waals surface area contributed by atoms with Gasteiger partial charge in [-0.15, -0.1) is 54.1 Å². The van der Waals surface area contributed by atoms with E-state index in [-0.39, 0.29) is 31.9 Å². The largest absolute Gasteiger partial charge is 0.501 e. The predicted octanol–water partition coefficient (Wildman–Crippen LogP) is 15.5. The number of imidazole rings is 1. The van der Waals surface area contributed by atoms with Crippen LogP contribution in [0, 0.1) is 12.1 Å². The molecule has 0 saturated heterocycles. The first kappa shape index (κ1) is 43.8. The zero-order valence-corrected chi connectivity index (χ0v) is 42.8. The quantitative estimate of drug-likeness (QED) is 0.107. The summed E-state index contributed by atoms with van der Waals surface area (Å²) in [6.07, 6.45) is 0.307. The molecule has 11 aromatic rings. The Morgan fingerprint density at radius 3 is 2.03 bits per heavy atom. The van der Waals surface area contributed by atoms with Gasteiger partial charge in [-0.25, -0.2) is 4.98 Å². The van der Waals surface area contributed by atoms with E-state index < -0.39 is 14.4 Å². The maximum atomic E-state index is 8.84. The first-order chi connectivity index (χ1) is 33.3. The Morgan fingerprint density at radius 1 is 0.647 bits per heavy atom. The van der Waals surface area contributed by atoms with Crippen molar-refractivity contribution in [3.63, 3.8) is 0 Å². The molecule has 0 unspecified atom stereocenters. The van der Waals surface area contributed by atoms with Crippen LogP contribution in [0.25, 0.3) is 83.5 Å². The van der Waals surface area contributed by atoms with E-state index in [2.05, 4.69) is 148 Å². The maximum absolute atomic E-state index is 8.84. The molecule has 0 aliphatic rings. The number of fused-ring (bicyclic) bond motifs is 5. The molecular weight excluding hydrogens is 1030 g/mol. The molecule has 1 radical (unpaired) electrons. The third-order valence-electron chi connectivity index (χ3n) is 12.4. The van der Waals surface area contributed by atoms with Gasteiger partial charge in [-0.05, 0) is 87.2 Å². The Labute approximate surface area is 417 Å². The molecule has 339 valence electrons. The molecule has 0 amide bonds. The molecule has 0 atom stereocenters. The molecule has 4 heterocycles. The zero-order chi connectivity index (χ0) is 48.0. The molecule has 11 rings (SSSR count). The van der Waals surface area contributed by atoms with Gasteiger partial charge in [-0.2, -0.15) is 0 Å². The zero-order valence-electron chi connectivity index (χ0n) is 41.4. The summed E-state index contributed by atoms with van der Waals surface area (Å²) in [4.78, 5) is 15.2. The summed E-state index contributed by atoms with van der Waals surface area (Å²) in [7, 11) is -1.76. The van der Waals surface area contributed by atoms with Crippen molar-refractivity contribution in [1.82, 2.24) is 19.5 Å². The Bertz CT molecular complexity index is 3610. The van der Waals surface area contributed by atoms with Crippen LogP contribution in [-0.4, -0.2) is 27.6 Å². The van der Waals surface area contributed by atoms with Gasteiger partial charge in [0.1, 0.15) is 5.58 Å². The Kier molecular flexibility index (Phi) is 12.5. The van der Waals surface area contributed by atoms with Gasteiger partial charge in [0, 0.05) is 45.5 Å². The fourth-order valence-electron chi connectivity index (χ4n) is 8.99. The summed E-state index contributed by atoms with van der Waals surface area (Å²) < 4.78 is 26.5. The number of benzene rings is 7. The van der Waals surface area contributed by atoms with Crippen molar-refractivity contribution in [2.45, 2.75) is 65.5 Å². The second kappa shape index (κ2) is 19.5. The standard InChI is InChI=1S/C40H32N3O.C21H22NSi.Ir/c1-24(2)32-21-28(26-13-6-5-7-14-26)22-33(25(3)4)37(32)43-39(42-35-23-27-15-8-10-19-34(27)41-40(35)43)31-18-12-17-30-29-16-9-11-20-36(29)44-38(30)31;1-23(2,3)21-16-22-20(18-12-8-5-9-13-18)15-19(21)14-17-10-6-4-7-11-17;/h5-17,19-25H,1-4H3;4-12,15-16H,14H2,1-3H3;/q2*-1;/i;14D2;. The summed E-state index contributed by atoms with van der Waals surface area (Å²) in [5.41, 5.74) is 14.2. The van der Waals surface area contributed by atoms with Crippen LogP contribution >= 0.6 is 0 Å². The summed E-state index contributed by atoms with van der Waals surface area (Å²) in [5, 5.41) is 4.26. The molecule has 0 aliphatic heterocycles. The topological polar surface area (TPSA) is 56.7 Å². The first-order valence-corrected chi connectivity index (χ1v) is 26.7. The molecule has 7 aromatic carbocycles. The average molecular weight is 1080 g/mol. The number of pyridine rings is 2. The van der Waals surface area contributed by atoms with Crippen molar-refractivity contribution in [3.05, 3.63) is 210 Å². The smallest absolute Gasteiger partial charge is 0.156 e. The van der Waals surface area contributed by atoms with Gasteiger partial charge in [-0.1, -0.05) is 167 Å². The van der Waals surface area contributed by atoms with Crippen molar-refractivity contribution in [2.75, 3.05) is 0 Å². The molecule has 7 heteroatoms. The van der Waals surface area contributed by atoms with Gasteiger partial charge in [0.25, 0.3) is 0 Å². The number of hydrogen-bond acceptors (Lipinski definition) is 4.